The van der Waals surface area contributed by atoms with Crippen molar-refractivity contribution in [3.05, 3.63) is 59.7 Å². The van der Waals surface area contributed by atoms with Crippen LogP contribution in [-0.4, -0.2) is 86.0 Å². The lowest BCUT2D eigenvalue weighted by molar-refractivity contribution is -0.143. The molecular weight excluding hydrogens is 528 g/mol. The molecule has 14 heteroatoms. The van der Waals surface area contributed by atoms with Gasteiger partial charge in [0.05, 0.1) is 12.6 Å². The van der Waals surface area contributed by atoms with Crippen LogP contribution in [-0.2, 0) is 36.8 Å². The fourth-order valence-electron chi connectivity index (χ4n) is 3.60. The maximum absolute atomic E-state index is 13.0. The van der Waals surface area contributed by atoms with Crippen molar-refractivity contribution in [3.8, 4) is 11.5 Å². The molecule has 0 aliphatic carbocycles. The van der Waals surface area contributed by atoms with Gasteiger partial charge in [0.25, 0.3) is 0 Å². The Labute approximate surface area is 228 Å². The molecular formula is C26H32N4O10. The summed E-state index contributed by atoms with van der Waals surface area (Å²) in [5, 5.41) is 53.8. The van der Waals surface area contributed by atoms with Crippen molar-refractivity contribution in [2.75, 3.05) is 6.61 Å². The lowest BCUT2D eigenvalue weighted by Crippen LogP contribution is -2.58. The Morgan fingerprint density at radius 3 is 1.60 bits per heavy atom. The molecule has 0 heterocycles. The van der Waals surface area contributed by atoms with Crippen LogP contribution in [0.4, 0.5) is 0 Å². The number of aliphatic hydroxyl groups is 1. The molecule has 0 aliphatic heterocycles. The monoisotopic (exact) mass is 560 g/mol. The molecule has 4 unspecified atom stereocenters. The molecule has 0 spiro atoms. The largest absolute Gasteiger partial charge is 0.508 e. The third kappa shape index (κ3) is 10.2. The minimum absolute atomic E-state index is 0.0289. The van der Waals surface area contributed by atoms with Crippen LogP contribution in [0.2, 0.25) is 0 Å². The minimum Gasteiger partial charge on any atom is -0.508 e. The number of carbonyl (C=O) groups excluding carboxylic acids is 3. The van der Waals surface area contributed by atoms with Crippen molar-refractivity contribution in [3.63, 3.8) is 0 Å². The van der Waals surface area contributed by atoms with E-state index in [-0.39, 0.29) is 24.3 Å². The van der Waals surface area contributed by atoms with Gasteiger partial charge in [-0.25, -0.2) is 4.79 Å². The van der Waals surface area contributed by atoms with E-state index in [9.17, 15) is 44.4 Å². The molecule has 40 heavy (non-hydrogen) atoms. The van der Waals surface area contributed by atoms with Gasteiger partial charge in [0, 0.05) is 12.8 Å². The summed E-state index contributed by atoms with van der Waals surface area (Å²) >= 11 is 0. The van der Waals surface area contributed by atoms with Gasteiger partial charge in [0.1, 0.15) is 29.6 Å². The Hall–Kier alpha value is -4.69. The van der Waals surface area contributed by atoms with Crippen molar-refractivity contribution < 1.29 is 49.5 Å². The molecule has 216 valence electrons. The van der Waals surface area contributed by atoms with Gasteiger partial charge >= 0.3 is 11.9 Å². The van der Waals surface area contributed by atoms with E-state index in [2.05, 4.69) is 16.0 Å². The highest BCUT2D eigenvalue weighted by Gasteiger charge is 2.30. The van der Waals surface area contributed by atoms with Gasteiger partial charge in [-0.05, 0) is 48.2 Å². The third-order valence-electron chi connectivity index (χ3n) is 5.81. The Balaban J connectivity index is 2.14. The molecule has 0 aliphatic rings. The number of amides is 3. The molecule has 2 aromatic rings. The van der Waals surface area contributed by atoms with E-state index in [1.54, 1.807) is 12.1 Å². The second-order valence-corrected chi connectivity index (χ2v) is 8.98. The van der Waals surface area contributed by atoms with E-state index in [0.29, 0.717) is 11.1 Å². The van der Waals surface area contributed by atoms with Gasteiger partial charge in [0.2, 0.25) is 17.7 Å². The number of aliphatic carboxylic acids is 2. The maximum atomic E-state index is 13.0. The first-order chi connectivity index (χ1) is 18.9. The highest BCUT2D eigenvalue weighted by atomic mass is 16.4. The Morgan fingerprint density at radius 1 is 0.675 bits per heavy atom. The van der Waals surface area contributed by atoms with Gasteiger partial charge in [-0.2, -0.15) is 0 Å². The smallest absolute Gasteiger partial charge is 0.326 e. The van der Waals surface area contributed by atoms with Crippen molar-refractivity contribution in [1.82, 2.24) is 16.0 Å². The SMILES string of the molecule is NC(Cc1ccc(O)cc1)C(=O)NC(CO)C(=O)NC(Cc1ccc(O)cc1)C(=O)NC(CCC(=O)O)C(=O)O. The van der Waals surface area contributed by atoms with Crippen molar-refractivity contribution in [2.24, 2.45) is 5.73 Å². The summed E-state index contributed by atoms with van der Waals surface area (Å²) in [6.45, 7) is -0.854. The van der Waals surface area contributed by atoms with E-state index >= 15 is 0 Å². The van der Waals surface area contributed by atoms with Gasteiger partial charge < -0.3 is 47.2 Å². The van der Waals surface area contributed by atoms with Crippen LogP contribution in [0.1, 0.15) is 24.0 Å². The van der Waals surface area contributed by atoms with Crippen LogP contribution in [0, 0.1) is 0 Å². The van der Waals surface area contributed by atoms with Crippen LogP contribution >= 0.6 is 0 Å². The number of carboxylic acids is 2. The first-order valence-corrected chi connectivity index (χ1v) is 12.2. The normalized spacial score (nSPS) is 13.8. The summed E-state index contributed by atoms with van der Waals surface area (Å²) in [4.78, 5) is 61.0. The molecule has 0 radical (unpaired) electrons. The molecule has 4 atom stereocenters. The number of nitrogens with one attached hydrogen (secondary N) is 3. The zero-order valence-electron chi connectivity index (χ0n) is 21.3. The van der Waals surface area contributed by atoms with E-state index in [1.807, 2.05) is 0 Å². The topological polar surface area (TPSA) is 249 Å². The fraction of sp³-hybridized carbons (Fsp3) is 0.346. The number of hydrogen-bond donors (Lipinski definition) is 9. The Kier molecular flexibility index (Phi) is 11.9. The molecule has 3 amide bonds. The predicted octanol–water partition coefficient (Wildman–Crippen LogP) is -1.39. The molecule has 0 bridgehead atoms. The number of rotatable bonds is 15. The molecule has 0 fully saturated rings. The number of aliphatic hydroxyl groups excluding tert-OH is 1. The second kappa shape index (κ2) is 15.0. The summed E-state index contributed by atoms with van der Waals surface area (Å²) < 4.78 is 0. The van der Waals surface area contributed by atoms with Crippen LogP contribution in [0.25, 0.3) is 0 Å². The van der Waals surface area contributed by atoms with E-state index in [1.165, 1.54) is 36.4 Å². The maximum Gasteiger partial charge on any atom is 0.326 e. The van der Waals surface area contributed by atoms with E-state index in [4.69, 9.17) is 10.8 Å². The van der Waals surface area contributed by atoms with Crippen LogP contribution in [0.3, 0.4) is 0 Å². The minimum atomic E-state index is -1.56. The molecule has 2 rings (SSSR count). The summed E-state index contributed by atoms with van der Waals surface area (Å²) in [6.07, 6.45) is -1.06. The van der Waals surface area contributed by atoms with Crippen LogP contribution in [0.5, 0.6) is 11.5 Å². The zero-order chi connectivity index (χ0) is 29.8. The zero-order valence-corrected chi connectivity index (χ0v) is 21.3. The number of aromatic hydroxyl groups is 2. The first kappa shape index (κ1) is 31.5. The van der Waals surface area contributed by atoms with Gasteiger partial charge in [-0.1, -0.05) is 24.3 Å². The third-order valence-corrected chi connectivity index (χ3v) is 5.81. The molecule has 10 N–H and O–H groups in total. The summed E-state index contributed by atoms with van der Waals surface area (Å²) in [5.74, 6) is -5.47. The molecule has 2 aromatic carbocycles. The Morgan fingerprint density at radius 2 is 1.12 bits per heavy atom. The molecule has 0 saturated carbocycles. The fourth-order valence-corrected chi connectivity index (χ4v) is 3.60. The second-order valence-electron chi connectivity index (χ2n) is 8.98. The predicted molar refractivity (Wildman–Crippen MR) is 139 cm³/mol. The van der Waals surface area contributed by atoms with Crippen molar-refractivity contribution in [2.45, 2.75) is 49.9 Å². The van der Waals surface area contributed by atoms with Crippen LogP contribution < -0.4 is 21.7 Å². The molecule has 0 aromatic heterocycles. The lowest BCUT2D eigenvalue weighted by atomic mass is 10.0. The van der Waals surface area contributed by atoms with E-state index in [0.717, 1.165) is 0 Å². The standard InChI is InChI=1S/C26H32N4O10/c27-18(11-14-1-5-16(32)6-2-14)23(36)30-21(13-31)25(38)29-20(12-15-3-7-17(33)8-4-15)24(37)28-19(26(39)40)9-10-22(34)35/h1-8,18-21,31-33H,9-13,27H2,(H,28,37)(H,29,38)(H,30,36)(H,34,35)(H,39,40). The first-order valence-electron chi connectivity index (χ1n) is 12.2. The van der Waals surface area contributed by atoms with Crippen molar-refractivity contribution in [1.29, 1.82) is 0 Å². The molecule has 0 saturated heterocycles. The Bertz CT molecular complexity index is 1190. The number of hydrogen-bond acceptors (Lipinski definition) is 9. The molecule has 14 nitrogen and oxygen atoms in total. The lowest BCUT2D eigenvalue weighted by Gasteiger charge is -2.24. The highest BCUT2D eigenvalue weighted by Crippen LogP contribution is 2.13. The summed E-state index contributed by atoms with van der Waals surface area (Å²) in [7, 11) is 0. The number of phenolic OH excluding ortho intramolecular Hbond substituents is 2. The van der Waals surface area contributed by atoms with Crippen molar-refractivity contribution >= 4 is 29.7 Å². The highest BCUT2D eigenvalue weighted by molar-refractivity contribution is 5.94. The number of benzene rings is 2. The summed E-state index contributed by atoms with van der Waals surface area (Å²) in [6, 6.07) is 5.97. The average Bonchev–Trinajstić information content (AvgIpc) is 2.90. The quantitative estimate of drug-likeness (QED) is 0.123. The van der Waals surface area contributed by atoms with Gasteiger partial charge in [-0.3, -0.25) is 19.2 Å². The average molecular weight is 561 g/mol. The van der Waals surface area contributed by atoms with E-state index < -0.39 is 73.3 Å². The van der Waals surface area contributed by atoms with Crippen LogP contribution in [0.15, 0.2) is 48.5 Å². The number of phenols is 2. The van der Waals surface area contributed by atoms with Gasteiger partial charge in [-0.15, -0.1) is 0 Å². The van der Waals surface area contributed by atoms with Gasteiger partial charge in [0.15, 0.2) is 0 Å². The summed E-state index contributed by atoms with van der Waals surface area (Å²) in [5.41, 5.74) is 7.02. The number of carboxylic acid groups (broad SMARTS) is 2. The number of carbonyl (C=O) groups is 5. The number of nitrogens with two attached hydrogens (primary N) is 1.